The molecule has 0 amide bonds. The molecule has 0 radical (unpaired) electrons. The summed E-state index contributed by atoms with van der Waals surface area (Å²) in [6, 6.07) is 12.3. The summed E-state index contributed by atoms with van der Waals surface area (Å²) in [5, 5.41) is 10.1. The molecule has 3 heterocycles. The van der Waals surface area contributed by atoms with E-state index in [1.54, 1.807) is 43.3 Å². The zero-order valence-corrected chi connectivity index (χ0v) is 24.1. The van der Waals surface area contributed by atoms with Crippen LogP contribution in [0.15, 0.2) is 53.6 Å². The standard InChI is InChI=1S/C28H33ClN6O4S/c1-3-39-28(36)27-26(23-9-6-21(29)16-24(23)31-27)25-18-35(33-32-25)17-20-10-13-34(14-11-20)15-12-30-40(37,38)22-7-4-19(2)5-8-22/h4-9,16,18,20,30-31H,3,10-15,17H2,1-2H3. The maximum atomic E-state index is 12.7. The summed E-state index contributed by atoms with van der Waals surface area (Å²) in [6.07, 6.45) is 3.81. The highest BCUT2D eigenvalue weighted by molar-refractivity contribution is 7.89. The Morgan fingerprint density at radius 2 is 1.93 bits per heavy atom. The number of benzene rings is 2. The topological polar surface area (TPSA) is 122 Å². The summed E-state index contributed by atoms with van der Waals surface area (Å²) in [7, 11) is -3.51. The second-order valence-corrected chi connectivity index (χ2v) is 12.3. The van der Waals surface area contributed by atoms with E-state index in [0.717, 1.165) is 42.4 Å². The van der Waals surface area contributed by atoms with Crippen LogP contribution < -0.4 is 4.72 Å². The molecule has 2 N–H and O–H groups in total. The van der Waals surface area contributed by atoms with Gasteiger partial charge in [-0.15, -0.1) is 5.10 Å². The number of esters is 1. The van der Waals surface area contributed by atoms with Crippen molar-refractivity contribution in [3.05, 3.63) is 64.9 Å². The van der Waals surface area contributed by atoms with E-state index >= 15 is 0 Å². The number of aryl methyl sites for hydroxylation is 1. The number of ether oxygens (including phenoxy) is 1. The largest absolute Gasteiger partial charge is 0.461 e. The third kappa shape index (κ3) is 6.38. The summed E-state index contributed by atoms with van der Waals surface area (Å²) in [5.74, 6) is -0.0331. The van der Waals surface area contributed by atoms with Crippen LogP contribution in [0.4, 0.5) is 0 Å². The lowest BCUT2D eigenvalue weighted by Gasteiger charge is -2.31. The van der Waals surface area contributed by atoms with Crippen LogP contribution in [-0.4, -0.2) is 72.1 Å². The van der Waals surface area contributed by atoms with Crippen LogP contribution >= 0.6 is 11.6 Å². The Balaban J connectivity index is 1.17. The highest BCUT2D eigenvalue weighted by atomic mass is 35.5. The van der Waals surface area contributed by atoms with Crippen molar-refractivity contribution in [1.82, 2.24) is 29.6 Å². The van der Waals surface area contributed by atoms with E-state index in [4.69, 9.17) is 16.3 Å². The third-order valence-electron chi connectivity index (χ3n) is 7.24. The van der Waals surface area contributed by atoms with Gasteiger partial charge in [0.2, 0.25) is 10.0 Å². The Morgan fingerprint density at radius 3 is 2.65 bits per heavy atom. The van der Waals surface area contributed by atoms with Crippen LogP contribution in [-0.2, 0) is 21.3 Å². The molecule has 5 rings (SSSR count). The van der Waals surface area contributed by atoms with Gasteiger partial charge in [0.05, 0.1) is 17.7 Å². The van der Waals surface area contributed by atoms with Crippen molar-refractivity contribution in [1.29, 1.82) is 0 Å². The molecule has 40 heavy (non-hydrogen) atoms. The molecule has 1 aliphatic rings. The van der Waals surface area contributed by atoms with Gasteiger partial charge in [-0.3, -0.25) is 4.68 Å². The molecule has 4 aromatic rings. The number of carbonyl (C=O) groups is 1. The van der Waals surface area contributed by atoms with E-state index in [2.05, 4.69) is 24.9 Å². The predicted molar refractivity (Wildman–Crippen MR) is 154 cm³/mol. The zero-order valence-electron chi connectivity index (χ0n) is 22.6. The average molecular weight is 585 g/mol. The van der Waals surface area contributed by atoms with E-state index in [0.29, 0.717) is 47.5 Å². The molecule has 10 nitrogen and oxygen atoms in total. The summed E-state index contributed by atoms with van der Waals surface area (Å²) in [5.41, 5.74) is 3.33. The van der Waals surface area contributed by atoms with Gasteiger partial charge in [-0.2, -0.15) is 0 Å². The van der Waals surface area contributed by atoms with Crippen LogP contribution in [0.25, 0.3) is 22.2 Å². The fraction of sp³-hybridized carbons (Fsp3) is 0.393. The molecule has 0 unspecified atom stereocenters. The molecule has 12 heteroatoms. The minimum absolute atomic E-state index is 0.262. The van der Waals surface area contributed by atoms with Gasteiger partial charge in [-0.1, -0.05) is 40.6 Å². The first-order chi connectivity index (χ1) is 19.2. The fourth-order valence-corrected chi connectivity index (χ4v) is 6.28. The van der Waals surface area contributed by atoms with E-state index < -0.39 is 16.0 Å². The van der Waals surface area contributed by atoms with Crippen LogP contribution in [0, 0.1) is 12.8 Å². The molecular weight excluding hydrogens is 552 g/mol. The van der Waals surface area contributed by atoms with Gasteiger partial charge in [-0.05, 0) is 70.0 Å². The maximum Gasteiger partial charge on any atom is 0.355 e. The Hall–Kier alpha value is -3.25. The second kappa shape index (κ2) is 12.1. The van der Waals surface area contributed by atoms with E-state index in [9.17, 15) is 13.2 Å². The number of carbonyl (C=O) groups excluding carboxylic acids is 1. The number of H-pyrrole nitrogens is 1. The Bertz CT molecular complexity index is 1590. The van der Waals surface area contributed by atoms with Gasteiger partial charge >= 0.3 is 5.97 Å². The first-order valence-corrected chi connectivity index (χ1v) is 15.3. The van der Waals surface area contributed by atoms with Crippen LogP contribution in [0.2, 0.25) is 5.02 Å². The summed E-state index contributed by atoms with van der Waals surface area (Å²) in [6.45, 7) is 7.46. The number of nitrogens with zero attached hydrogens (tertiary/aromatic N) is 4. The molecule has 1 saturated heterocycles. The summed E-state index contributed by atoms with van der Waals surface area (Å²) < 4.78 is 34.9. The lowest BCUT2D eigenvalue weighted by atomic mass is 9.97. The number of aromatic amines is 1. The third-order valence-corrected chi connectivity index (χ3v) is 8.95. The minimum atomic E-state index is -3.51. The van der Waals surface area contributed by atoms with Crippen molar-refractivity contribution in [3.63, 3.8) is 0 Å². The number of halogens is 1. The van der Waals surface area contributed by atoms with Gasteiger partial charge in [0.15, 0.2) is 0 Å². The molecule has 0 spiro atoms. The number of hydrogen-bond acceptors (Lipinski definition) is 7. The Morgan fingerprint density at radius 1 is 1.18 bits per heavy atom. The predicted octanol–water partition coefficient (Wildman–Crippen LogP) is 4.26. The van der Waals surface area contributed by atoms with Crippen LogP contribution in [0.3, 0.4) is 0 Å². The maximum absolute atomic E-state index is 12.7. The van der Waals surface area contributed by atoms with Gasteiger partial charge in [0.1, 0.15) is 11.4 Å². The van der Waals surface area contributed by atoms with E-state index in [1.165, 1.54) is 0 Å². The van der Waals surface area contributed by atoms with Crippen molar-refractivity contribution in [2.24, 2.45) is 5.92 Å². The number of nitrogens with one attached hydrogen (secondary N) is 2. The van der Waals surface area contributed by atoms with Crippen molar-refractivity contribution >= 4 is 38.5 Å². The lowest BCUT2D eigenvalue weighted by Crippen LogP contribution is -2.40. The molecule has 2 aromatic carbocycles. The fourth-order valence-electron chi connectivity index (χ4n) is 5.09. The lowest BCUT2D eigenvalue weighted by molar-refractivity contribution is 0.0521. The number of sulfonamides is 1. The van der Waals surface area contributed by atoms with Gasteiger partial charge in [0, 0.05) is 41.1 Å². The monoisotopic (exact) mass is 584 g/mol. The molecule has 212 valence electrons. The van der Waals surface area contributed by atoms with Crippen LogP contribution in [0.5, 0.6) is 0 Å². The quantitative estimate of drug-likeness (QED) is 0.267. The Labute approximate surface area is 238 Å². The molecule has 1 fully saturated rings. The number of rotatable bonds is 10. The summed E-state index contributed by atoms with van der Waals surface area (Å²) >= 11 is 6.17. The van der Waals surface area contributed by atoms with Gasteiger partial charge in [-0.25, -0.2) is 17.9 Å². The molecule has 0 atom stereocenters. The minimum Gasteiger partial charge on any atom is -0.461 e. The van der Waals surface area contributed by atoms with E-state index in [-0.39, 0.29) is 11.5 Å². The Kier molecular flexibility index (Phi) is 8.55. The SMILES string of the molecule is CCOC(=O)c1[nH]c2cc(Cl)ccc2c1-c1cn(CC2CCN(CCNS(=O)(=O)c3ccc(C)cc3)CC2)nn1. The molecule has 2 aromatic heterocycles. The number of fused-ring (bicyclic) bond motifs is 1. The highest BCUT2D eigenvalue weighted by Crippen LogP contribution is 2.33. The normalized spacial score (nSPS) is 15.1. The van der Waals surface area contributed by atoms with Crippen molar-refractivity contribution in [2.45, 2.75) is 38.1 Å². The summed E-state index contributed by atoms with van der Waals surface area (Å²) in [4.78, 5) is 18.4. The molecule has 1 aliphatic heterocycles. The number of aromatic nitrogens is 4. The van der Waals surface area contributed by atoms with Crippen molar-refractivity contribution in [2.75, 3.05) is 32.8 Å². The highest BCUT2D eigenvalue weighted by Gasteiger charge is 2.24. The van der Waals surface area contributed by atoms with Gasteiger partial charge in [0.25, 0.3) is 0 Å². The first kappa shape index (κ1) is 28.3. The number of hydrogen-bond donors (Lipinski definition) is 2. The number of likely N-dealkylation sites (tertiary alicyclic amines) is 1. The average Bonchev–Trinajstić information content (AvgIpc) is 3.54. The molecule has 0 saturated carbocycles. The molecular formula is C28H33ClN6O4S. The van der Waals surface area contributed by atoms with Crippen molar-refractivity contribution < 1.29 is 17.9 Å². The smallest absolute Gasteiger partial charge is 0.355 e. The van der Waals surface area contributed by atoms with Crippen LogP contribution in [0.1, 0.15) is 35.8 Å². The molecule has 0 aliphatic carbocycles. The first-order valence-electron chi connectivity index (χ1n) is 13.4. The molecule has 0 bridgehead atoms. The van der Waals surface area contributed by atoms with E-state index in [1.807, 2.05) is 23.9 Å². The van der Waals surface area contributed by atoms with Crippen molar-refractivity contribution in [3.8, 4) is 11.3 Å². The van der Waals surface area contributed by atoms with Gasteiger partial charge < -0.3 is 14.6 Å². The number of piperidine rings is 1. The second-order valence-electron chi connectivity index (χ2n) is 10.1. The zero-order chi connectivity index (χ0) is 28.3.